The first kappa shape index (κ1) is 17.7. The van der Waals surface area contributed by atoms with Gasteiger partial charge in [0.1, 0.15) is 6.10 Å². The third kappa shape index (κ3) is 3.83. The Balaban J connectivity index is 1.28. The van der Waals surface area contributed by atoms with E-state index in [0.29, 0.717) is 18.0 Å². The van der Waals surface area contributed by atoms with E-state index in [9.17, 15) is 0 Å². The highest BCUT2D eigenvalue weighted by atomic mass is 16.5. The largest absolute Gasteiger partial charge is 0.372 e. The molecule has 1 aliphatic carbocycles. The van der Waals surface area contributed by atoms with Crippen LogP contribution in [0.15, 0.2) is 17.0 Å². The number of nitrogens with one attached hydrogen (secondary N) is 1. The van der Waals surface area contributed by atoms with Gasteiger partial charge in [0.2, 0.25) is 5.89 Å². The number of hydrogen-bond acceptors (Lipinski definition) is 6. The second kappa shape index (κ2) is 7.88. The number of rotatable bonds is 5. The van der Waals surface area contributed by atoms with Gasteiger partial charge in [0.05, 0.1) is 18.2 Å². The molecule has 4 rings (SSSR count). The molecule has 2 atom stereocenters. The Morgan fingerprint density at radius 3 is 2.73 bits per heavy atom. The molecule has 7 nitrogen and oxygen atoms in total. The van der Waals surface area contributed by atoms with E-state index in [-0.39, 0.29) is 6.10 Å². The van der Waals surface area contributed by atoms with Gasteiger partial charge in [-0.05, 0) is 38.5 Å². The minimum absolute atomic E-state index is 0.149. The van der Waals surface area contributed by atoms with E-state index in [1.165, 1.54) is 18.5 Å². The molecule has 3 heterocycles. The lowest BCUT2D eigenvalue weighted by molar-refractivity contribution is -0.00658. The molecule has 1 saturated heterocycles. The smallest absolute Gasteiger partial charge is 0.229 e. The first-order valence-corrected chi connectivity index (χ1v) is 9.89. The number of ether oxygens (including phenoxy) is 1. The quantitative estimate of drug-likeness (QED) is 0.884. The zero-order valence-corrected chi connectivity index (χ0v) is 15.7. The normalized spacial score (nSPS) is 29.8. The summed E-state index contributed by atoms with van der Waals surface area (Å²) >= 11 is 0. The topological polar surface area (TPSA) is 78.0 Å². The molecule has 0 bridgehead atoms. The van der Waals surface area contributed by atoms with E-state index in [1.807, 2.05) is 19.6 Å². The number of imidazole rings is 1. The van der Waals surface area contributed by atoms with E-state index in [4.69, 9.17) is 9.26 Å². The van der Waals surface area contributed by atoms with Gasteiger partial charge in [-0.25, -0.2) is 4.98 Å². The Hall–Kier alpha value is -1.73. The Morgan fingerprint density at radius 2 is 2.04 bits per heavy atom. The van der Waals surface area contributed by atoms with Crippen LogP contribution in [0.25, 0.3) is 0 Å². The van der Waals surface area contributed by atoms with Crippen LogP contribution in [0.2, 0.25) is 0 Å². The van der Waals surface area contributed by atoms with Gasteiger partial charge < -0.3 is 19.1 Å². The summed E-state index contributed by atoms with van der Waals surface area (Å²) in [5, 5.41) is 7.92. The van der Waals surface area contributed by atoms with Crippen LogP contribution in [0.1, 0.15) is 74.9 Å². The van der Waals surface area contributed by atoms with Crippen molar-refractivity contribution in [2.45, 2.75) is 76.0 Å². The van der Waals surface area contributed by atoms with Crippen molar-refractivity contribution in [3.05, 3.63) is 29.9 Å². The molecule has 2 fully saturated rings. The minimum Gasteiger partial charge on any atom is -0.372 e. The third-order valence-corrected chi connectivity index (χ3v) is 5.82. The van der Waals surface area contributed by atoms with Crippen LogP contribution in [0, 0.1) is 0 Å². The molecule has 142 valence electrons. The monoisotopic (exact) mass is 359 g/mol. The Bertz CT molecular complexity index is 704. The summed E-state index contributed by atoms with van der Waals surface area (Å²) < 4.78 is 13.5. The zero-order chi connectivity index (χ0) is 17.9. The van der Waals surface area contributed by atoms with Crippen molar-refractivity contribution < 1.29 is 9.26 Å². The number of aromatic nitrogens is 4. The zero-order valence-electron chi connectivity index (χ0n) is 15.7. The fraction of sp³-hybridized carbons (Fsp3) is 0.737. The molecule has 0 spiro atoms. The summed E-state index contributed by atoms with van der Waals surface area (Å²) in [4.78, 5) is 8.74. The molecule has 2 aliphatic rings. The van der Waals surface area contributed by atoms with Gasteiger partial charge in [0, 0.05) is 38.1 Å². The van der Waals surface area contributed by atoms with E-state index in [1.54, 1.807) is 0 Å². The second-order valence-corrected chi connectivity index (χ2v) is 7.63. The van der Waals surface area contributed by atoms with Crippen molar-refractivity contribution >= 4 is 0 Å². The molecule has 2 aromatic rings. The lowest BCUT2D eigenvalue weighted by atomic mass is 9.85. The summed E-state index contributed by atoms with van der Waals surface area (Å²) in [5.41, 5.74) is 1.17. The highest BCUT2D eigenvalue weighted by Gasteiger charge is 2.30. The summed E-state index contributed by atoms with van der Waals surface area (Å²) in [6, 6.07) is 1.09. The van der Waals surface area contributed by atoms with Crippen molar-refractivity contribution in [1.82, 2.24) is 25.0 Å². The average Bonchev–Trinajstić information content (AvgIpc) is 3.31. The third-order valence-electron chi connectivity index (χ3n) is 5.82. The Morgan fingerprint density at radius 1 is 1.19 bits per heavy atom. The van der Waals surface area contributed by atoms with Gasteiger partial charge in [0.15, 0.2) is 5.82 Å². The van der Waals surface area contributed by atoms with E-state index in [0.717, 1.165) is 50.4 Å². The molecule has 0 amide bonds. The van der Waals surface area contributed by atoms with Crippen molar-refractivity contribution in [2.75, 3.05) is 6.61 Å². The first-order chi connectivity index (χ1) is 12.7. The van der Waals surface area contributed by atoms with E-state index >= 15 is 0 Å². The molecule has 26 heavy (non-hydrogen) atoms. The predicted molar refractivity (Wildman–Crippen MR) is 96.7 cm³/mol. The van der Waals surface area contributed by atoms with Crippen LogP contribution in [-0.2, 0) is 18.2 Å². The summed E-state index contributed by atoms with van der Waals surface area (Å²) in [6.45, 7) is 2.87. The molecular formula is C19H29N5O2. The molecule has 1 saturated carbocycles. The molecule has 7 heteroatoms. The minimum atomic E-state index is 0.149. The maximum absolute atomic E-state index is 5.98. The first-order valence-electron chi connectivity index (χ1n) is 9.89. The van der Waals surface area contributed by atoms with Gasteiger partial charge >= 0.3 is 0 Å². The second-order valence-electron chi connectivity index (χ2n) is 7.63. The highest BCUT2D eigenvalue weighted by molar-refractivity contribution is 5.05. The Labute approximate surface area is 154 Å². The molecular weight excluding hydrogens is 330 g/mol. The fourth-order valence-electron chi connectivity index (χ4n) is 4.25. The van der Waals surface area contributed by atoms with Gasteiger partial charge in [-0.3, -0.25) is 0 Å². The lowest BCUT2D eigenvalue weighted by Crippen LogP contribution is -2.43. The number of nitrogens with zero attached hydrogens (tertiary/aromatic N) is 4. The van der Waals surface area contributed by atoms with Gasteiger partial charge in [-0.1, -0.05) is 12.1 Å². The van der Waals surface area contributed by atoms with Crippen LogP contribution < -0.4 is 5.32 Å². The molecule has 0 aromatic carbocycles. The summed E-state index contributed by atoms with van der Waals surface area (Å²) in [7, 11) is 2.03. The number of aryl methyl sites for hydroxylation is 2. The SMILES string of the molecule is CCc1noc(C2CCC(N[C@H]3CCO[C@@H](c4cncn4C)C3)CC2)n1. The predicted octanol–water partition coefficient (Wildman–Crippen LogP) is 2.90. The van der Waals surface area contributed by atoms with Crippen molar-refractivity contribution in [2.24, 2.45) is 7.05 Å². The van der Waals surface area contributed by atoms with Crippen LogP contribution in [0.4, 0.5) is 0 Å². The standard InChI is InChI=1S/C19H29N5O2/c1-3-18-22-19(26-23-18)13-4-6-14(7-5-13)21-15-8-9-25-17(10-15)16-11-20-12-24(16)2/h11-15,17,21H,3-10H2,1-2H3/t13?,14?,15-,17+/m0/s1. The van der Waals surface area contributed by atoms with Gasteiger partial charge in [0.25, 0.3) is 0 Å². The fourth-order valence-corrected chi connectivity index (χ4v) is 4.25. The molecule has 1 aliphatic heterocycles. The van der Waals surface area contributed by atoms with Crippen LogP contribution in [-0.4, -0.2) is 38.4 Å². The maximum Gasteiger partial charge on any atom is 0.229 e. The van der Waals surface area contributed by atoms with Gasteiger partial charge in [-0.2, -0.15) is 4.98 Å². The summed E-state index contributed by atoms with van der Waals surface area (Å²) in [6.07, 6.45) is 11.4. The summed E-state index contributed by atoms with van der Waals surface area (Å²) in [5.74, 6) is 2.09. The number of hydrogen-bond donors (Lipinski definition) is 1. The lowest BCUT2D eigenvalue weighted by Gasteiger charge is -2.35. The maximum atomic E-state index is 5.98. The molecule has 1 N–H and O–H groups in total. The van der Waals surface area contributed by atoms with Crippen molar-refractivity contribution in [3.8, 4) is 0 Å². The molecule has 2 aromatic heterocycles. The molecule has 0 radical (unpaired) electrons. The van der Waals surface area contributed by atoms with Crippen LogP contribution in [0.3, 0.4) is 0 Å². The van der Waals surface area contributed by atoms with E-state index < -0.39 is 0 Å². The highest BCUT2D eigenvalue weighted by Crippen LogP contribution is 2.33. The molecule has 0 unspecified atom stereocenters. The van der Waals surface area contributed by atoms with Gasteiger partial charge in [-0.15, -0.1) is 0 Å². The van der Waals surface area contributed by atoms with Crippen LogP contribution >= 0.6 is 0 Å². The van der Waals surface area contributed by atoms with Crippen LogP contribution in [0.5, 0.6) is 0 Å². The van der Waals surface area contributed by atoms with Crippen molar-refractivity contribution in [3.63, 3.8) is 0 Å². The Kier molecular flexibility index (Phi) is 5.36. The van der Waals surface area contributed by atoms with Crippen molar-refractivity contribution in [1.29, 1.82) is 0 Å². The average molecular weight is 359 g/mol. The van der Waals surface area contributed by atoms with E-state index in [2.05, 4.69) is 31.9 Å².